The van der Waals surface area contributed by atoms with Crippen LogP contribution in [-0.2, 0) is 0 Å². The molecule has 0 unspecified atom stereocenters. The number of anilines is 1. The highest BCUT2D eigenvalue weighted by molar-refractivity contribution is 7.21. The van der Waals surface area contributed by atoms with E-state index in [4.69, 9.17) is 15.5 Å². The lowest BCUT2D eigenvalue weighted by Gasteiger charge is -2.10. The first-order valence-corrected chi connectivity index (χ1v) is 8.82. The van der Waals surface area contributed by atoms with Crippen LogP contribution in [0.5, 0.6) is 5.75 Å². The van der Waals surface area contributed by atoms with E-state index in [1.807, 2.05) is 19.1 Å². The molecule has 2 aliphatic rings. The Morgan fingerprint density at radius 1 is 1.13 bits per heavy atom. The number of fused-ring (bicyclic) bond motifs is 2. The van der Waals surface area contributed by atoms with Gasteiger partial charge in [0.25, 0.3) is 0 Å². The molecule has 3 rings (SSSR count). The number of rotatable bonds is 4. The molecule has 0 atom stereocenters. The van der Waals surface area contributed by atoms with E-state index in [9.17, 15) is 0 Å². The highest BCUT2D eigenvalue weighted by atomic mass is 32.1. The van der Waals surface area contributed by atoms with Crippen molar-refractivity contribution in [3.05, 3.63) is 35.7 Å². The molecular weight excluding hydrogens is 306 g/mol. The van der Waals surface area contributed by atoms with Gasteiger partial charge in [0.2, 0.25) is 5.36 Å². The number of nitrogens with zero attached hydrogens (tertiary/aromatic N) is 2. The number of hydrogen-bond acceptors (Lipinski definition) is 4. The van der Waals surface area contributed by atoms with Gasteiger partial charge < -0.3 is 10.5 Å². The fourth-order valence-electron chi connectivity index (χ4n) is 2.73. The van der Waals surface area contributed by atoms with Gasteiger partial charge in [-0.1, -0.05) is 0 Å². The number of nitrogens with two attached hydrogens (primary N) is 1. The second-order valence-electron chi connectivity index (χ2n) is 5.33. The minimum Gasteiger partial charge on any atom is -0.492 e. The fourth-order valence-corrected chi connectivity index (χ4v) is 3.76. The molecule has 0 fully saturated rings. The Morgan fingerprint density at radius 2 is 1.91 bits per heavy atom. The van der Waals surface area contributed by atoms with Crippen molar-refractivity contribution >= 4 is 27.2 Å². The van der Waals surface area contributed by atoms with Gasteiger partial charge in [-0.3, -0.25) is 0 Å². The Labute approximate surface area is 140 Å². The molecule has 1 aromatic carbocycles. The van der Waals surface area contributed by atoms with E-state index in [-0.39, 0.29) is 0 Å². The molecule has 0 amide bonds. The first kappa shape index (κ1) is 15.7. The molecule has 23 heavy (non-hydrogen) atoms. The maximum atomic E-state index is 6.08. The summed E-state index contributed by atoms with van der Waals surface area (Å²) in [5.74, 6) is 0.707. The molecule has 0 bridgehead atoms. The van der Waals surface area contributed by atoms with Gasteiger partial charge in [-0.05, 0) is 32.9 Å². The SMILES string of the molecule is CCOc1cc2nc3ccc(=[N+](CC)CC)cc-3sc2cc1N. The molecule has 0 spiro atoms. The standard InChI is InChI=1S/C18H21N3OS/c1-4-21(5-2)12-7-8-14-17(9-12)23-18-10-13(19)16(22-6-3)11-15(18)20-14/h7-11,19H,4-6H2,1-3H3/p+1. The van der Waals surface area contributed by atoms with Crippen LogP contribution in [0, 0.1) is 0 Å². The van der Waals surface area contributed by atoms with Crippen molar-refractivity contribution in [2.45, 2.75) is 20.8 Å². The van der Waals surface area contributed by atoms with Gasteiger partial charge in [-0.25, -0.2) is 9.56 Å². The number of aromatic nitrogens is 1. The van der Waals surface area contributed by atoms with E-state index >= 15 is 0 Å². The van der Waals surface area contributed by atoms with Gasteiger partial charge in [-0.2, -0.15) is 0 Å². The second-order valence-corrected chi connectivity index (χ2v) is 6.41. The van der Waals surface area contributed by atoms with E-state index in [2.05, 4.69) is 36.6 Å². The predicted molar refractivity (Wildman–Crippen MR) is 98.2 cm³/mol. The van der Waals surface area contributed by atoms with Crippen LogP contribution in [0.15, 0.2) is 30.3 Å². The Balaban J connectivity index is 2.24. The smallest absolute Gasteiger partial charge is 0.201 e. The van der Waals surface area contributed by atoms with Crippen LogP contribution >= 0.6 is 11.3 Å². The van der Waals surface area contributed by atoms with Crippen molar-refractivity contribution in [2.75, 3.05) is 25.4 Å². The van der Waals surface area contributed by atoms with Crippen molar-refractivity contribution < 1.29 is 4.74 Å². The van der Waals surface area contributed by atoms with Crippen LogP contribution < -0.4 is 20.4 Å². The van der Waals surface area contributed by atoms with Gasteiger partial charge in [0.05, 0.1) is 33.1 Å². The van der Waals surface area contributed by atoms with E-state index in [1.54, 1.807) is 11.3 Å². The molecule has 1 aromatic rings. The van der Waals surface area contributed by atoms with Crippen LogP contribution in [-0.4, -0.2) is 24.7 Å². The molecule has 1 aliphatic carbocycles. The highest BCUT2D eigenvalue weighted by Gasteiger charge is 2.12. The number of ether oxygens (including phenoxy) is 1. The Kier molecular flexibility index (Phi) is 4.48. The summed E-state index contributed by atoms with van der Waals surface area (Å²) < 4.78 is 8.98. The Bertz CT molecular complexity index is 879. The minimum absolute atomic E-state index is 0.597. The normalized spacial score (nSPS) is 11.1. The Morgan fingerprint density at radius 3 is 2.61 bits per heavy atom. The number of hydrogen-bond donors (Lipinski definition) is 1. The van der Waals surface area contributed by atoms with E-state index in [0.29, 0.717) is 18.0 Å². The summed E-state index contributed by atoms with van der Waals surface area (Å²) in [6.07, 6.45) is 0. The summed E-state index contributed by atoms with van der Waals surface area (Å²) in [5.41, 5.74) is 8.68. The summed E-state index contributed by atoms with van der Waals surface area (Å²) in [4.78, 5) is 5.94. The highest BCUT2D eigenvalue weighted by Crippen LogP contribution is 2.34. The summed E-state index contributed by atoms with van der Waals surface area (Å²) in [5, 5.41) is 1.24. The molecule has 4 nitrogen and oxygen atoms in total. The van der Waals surface area contributed by atoms with E-state index < -0.39 is 0 Å². The lowest BCUT2D eigenvalue weighted by molar-refractivity contribution is 0.342. The third-order valence-electron chi connectivity index (χ3n) is 3.92. The molecule has 0 aromatic heterocycles. The molecule has 5 heteroatoms. The second kappa shape index (κ2) is 6.54. The monoisotopic (exact) mass is 328 g/mol. The van der Waals surface area contributed by atoms with Gasteiger partial charge in [0.1, 0.15) is 18.8 Å². The molecule has 1 aliphatic heterocycles. The average Bonchev–Trinajstić information content (AvgIpc) is 2.55. The topological polar surface area (TPSA) is 51.2 Å². The minimum atomic E-state index is 0.597. The first-order chi connectivity index (χ1) is 11.2. The summed E-state index contributed by atoms with van der Waals surface area (Å²) in [7, 11) is 0. The maximum Gasteiger partial charge on any atom is 0.201 e. The number of nitrogen functional groups attached to an aromatic ring is 1. The van der Waals surface area contributed by atoms with Crippen molar-refractivity contribution in [1.82, 2.24) is 9.56 Å². The van der Waals surface area contributed by atoms with Crippen molar-refractivity contribution in [3.63, 3.8) is 0 Å². The molecular formula is C18H22N3OS+. The predicted octanol–water partition coefficient (Wildman–Crippen LogP) is 3.19. The van der Waals surface area contributed by atoms with Crippen LogP contribution in [0.3, 0.4) is 0 Å². The average molecular weight is 328 g/mol. The van der Waals surface area contributed by atoms with Crippen molar-refractivity contribution in [2.24, 2.45) is 0 Å². The Hall–Kier alpha value is -2.14. The first-order valence-electron chi connectivity index (χ1n) is 8.01. The lowest BCUT2D eigenvalue weighted by atomic mass is 10.2. The molecule has 1 heterocycles. The van der Waals surface area contributed by atoms with Gasteiger partial charge >= 0.3 is 0 Å². The van der Waals surface area contributed by atoms with Gasteiger partial charge in [0.15, 0.2) is 0 Å². The molecule has 2 N–H and O–H groups in total. The lowest BCUT2D eigenvalue weighted by Crippen LogP contribution is -2.29. The van der Waals surface area contributed by atoms with Crippen LogP contribution in [0.4, 0.5) is 5.69 Å². The van der Waals surface area contributed by atoms with E-state index in [0.717, 1.165) is 29.0 Å². The summed E-state index contributed by atoms with van der Waals surface area (Å²) in [6, 6.07) is 10.3. The van der Waals surface area contributed by atoms with Crippen molar-refractivity contribution in [1.29, 1.82) is 0 Å². The van der Waals surface area contributed by atoms with E-state index in [1.165, 1.54) is 10.2 Å². The van der Waals surface area contributed by atoms with Crippen LogP contribution in [0.25, 0.3) is 20.8 Å². The number of benzene rings is 2. The summed E-state index contributed by atoms with van der Waals surface area (Å²) in [6.45, 7) is 8.89. The largest absolute Gasteiger partial charge is 0.492 e. The fraction of sp³-hybridized carbons (Fsp3) is 0.333. The molecule has 0 radical (unpaired) electrons. The van der Waals surface area contributed by atoms with Gasteiger partial charge in [-0.15, -0.1) is 11.3 Å². The van der Waals surface area contributed by atoms with Crippen LogP contribution in [0.2, 0.25) is 0 Å². The molecule has 0 saturated heterocycles. The van der Waals surface area contributed by atoms with Crippen LogP contribution in [0.1, 0.15) is 20.8 Å². The zero-order valence-electron chi connectivity index (χ0n) is 13.8. The summed E-state index contributed by atoms with van der Waals surface area (Å²) >= 11 is 1.72. The maximum absolute atomic E-state index is 6.08. The quantitative estimate of drug-likeness (QED) is 0.454. The third-order valence-corrected chi connectivity index (χ3v) is 5.02. The van der Waals surface area contributed by atoms with Gasteiger partial charge in [0, 0.05) is 18.2 Å². The third kappa shape index (κ3) is 3.01. The molecule has 0 saturated carbocycles. The zero-order valence-corrected chi connectivity index (χ0v) is 14.6. The van der Waals surface area contributed by atoms with Crippen molar-refractivity contribution in [3.8, 4) is 16.3 Å². The molecule has 120 valence electrons. The zero-order chi connectivity index (χ0) is 16.4.